The first-order valence-electron chi connectivity index (χ1n) is 6.10. The van der Waals surface area contributed by atoms with Crippen molar-refractivity contribution in [3.8, 4) is 0 Å². The number of hydrogen-bond acceptors (Lipinski definition) is 7. The molecule has 0 unspecified atom stereocenters. The normalized spacial score (nSPS) is 11.5. The number of non-ortho nitro benzene ring substituents is 2. The van der Waals surface area contributed by atoms with Crippen molar-refractivity contribution >= 4 is 17.3 Å². The fourth-order valence-electron chi connectivity index (χ4n) is 1.67. The van der Waals surface area contributed by atoms with Crippen molar-refractivity contribution in [3.05, 3.63) is 54.1 Å². The van der Waals surface area contributed by atoms with Crippen LogP contribution in [-0.4, -0.2) is 31.8 Å². The Labute approximate surface area is 123 Å². The van der Waals surface area contributed by atoms with Crippen LogP contribution < -0.4 is 0 Å². The average molecular weight is 312 g/mol. The molecular formula is C11H12N4O7. The topological polar surface area (TPSA) is 150 Å². The maximum atomic E-state index is 12.2. The van der Waals surface area contributed by atoms with E-state index in [-0.39, 0.29) is 6.42 Å². The number of carbonyl (C=O) groups is 1. The van der Waals surface area contributed by atoms with Crippen LogP contribution in [0.4, 0.5) is 11.4 Å². The van der Waals surface area contributed by atoms with E-state index < -0.39 is 43.8 Å². The molecule has 11 heteroatoms. The van der Waals surface area contributed by atoms with Crippen LogP contribution >= 0.6 is 0 Å². The van der Waals surface area contributed by atoms with Crippen molar-refractivity contribution in [2.45, 2.75) is 26.3 Å². The summed E-state index contributed by atoms with van der Waals surface area (Å²) in [7, 11) is 0. The van der Waals surface area contributed by atoms with Gasteiger partial charge in [-0.05, 0) is 13.3 Å². The Kier molecular flexibility index (Phi) is 5.05. The smallest absolute Gasteiger partial charge is 0.263 e. The Balaban J connectivity index is 3.40. The summed E-state index contributed by atoms with van der Waals surface area (Å²) < 4.78 is 0. The van der Waals surface area contributed by atoms with Gasteiger partial charge in [-0.25, -0.2) is 10.1 Å². The Morgan fingerprint density at radius 1 is 1.09 bits per heavy atom. The van der Waals surface area contributed by atoms with E-state index in [1.54, 1.807) is 6.92 Å². The zero-order chi connectivity index (χ0) is 17.0. The summed E-state index contributed by atoms with van der Waals surface area (Å²) in [4.78, 5) is 42.9. The van der Waals surface area contributed by atoms with Gasteiger partial charge in [0.05, 0.1) is 27.5 Å². The lowest BCUT2D eigenvalue weighted by molar-refractivity contribution is -0.640. The van der Waals surface area contributed by atoms with Gasteiger partial charge in [-0.15, -0.1) is 0 Å². The van der Waals surface area contributed by atoms with Crippen molar-refractivity contribution in [2.24, 2.45) is 0 Å². The molecule has 118 valence electrons. The molecule has 0 heterocycles. The molecule has 1 aromatic carbocycles. The number of hydrazine groups is 1. The first-order valence-corrected chi connectivity index (χ1v) is 6.10. The highest BCUT2D eigenvalue weighted by atomic mass is 16.7. The van der Waals surface area contributed by atoms with Gasteiger partial charge >= 0.3 is 5.91 Å². The maximum absolute atomic E-state index is 12.2. The molecular weight excluding hydrogens is 300 g/mol. The van der Waals surface area contributed by atoms with Gasteiger partial charge in [0, 0.05) is 12.1 Å². The minimum absolute atomic E-state index is 0.268. The van der Waals surface area contributed by atoms with Crippen LogP contribution in [0, 0.1) is 30.3 Å². The SMILES string of the molecule is CC[C@@H](C)N(C(=O)c1cc([N+](=O)[O-])cc([N+](=O)[O-])c1)[N+](=O)[O-]. The van der Waals surface area contributed by atoms with Crippen molar-refractivity contribution in [1.82, 2.24) is 5.01 Å². The first-order chi connectivity index (χ1) is 10.2. The molecule has 0 aliphatic rings. The minimum Gasteiger partial charge on any atom is -0.263 e. The number of nitro groups is 3. The van der Waals surface area contributed by atoms with Gasteiger partial charge in [0.25, 0.3) is 11.4 Å². The summed E-state index contributed by atoms with van der Waals surface area (Å²) in [6.45, 7) is 3.04. The molecule has 0 saturated heterocycles. The highest BCUT2D eigenvalue weighted by molar-refractivity contribution is 5.95. The van der Waals surface area contributed by atoms with Crippen LogP contribution in [0.5, 0.6) is 0 Å². The minimum atomic E-state index is -1.15. The van der Waals surface area contributed by atoms with Gasteiger partial charge in [0.1, 0.15) is 0 Å². The van der Waals surface area contributed by atoms with Gasteiger partial charge < -0.3 is 0 Å². The zero-order valence-corrected chi connectivity index (χ0v) is 11.7. The monoisotopic (exact) mass is 312 g/mol. The second kappa shape index (κ2) is 6.56. The van der Waals surface area contributed by atoms with E-state index in [9.17, 15) is 35.1 Å². The zero-order valence-electron chi connectivity index (χ0n) is 11.7. The third-order valence-electron chi connectivity index (χ3n) is 2.96. The summed E-state index contributed by atoms with van der Waals surface area (Å²) >= 11 is 0. The van der Waals surface area contributed by atoms with E-state index in [1.807, 2.05) is 0 Å². The molecule has 0 aliphatic carbocycles. The quantitative estimate of drug-likeness (QED) is 0.575. The Morgan fingerprint density at radius 2 is 1.55 bits per heavy atom. The van der Waals surface area contributed by atoms with E-state index in [1.165, 1.54) is 6.92 Å². The second-order valence-corrected chi connectivity index (χ2v) is 4.40. The maximum Gasteiger partial charge on any atom is 0.314 e. The number of nitro benzene ring substituents is 2. The molecule has 1 rings (SSSR count). The molecule has 0 N–H and O–H groups in total. The summed E-state index contributed by atoms with van der Waals surface area (Å²) in [6.07, 6.45) is 0.268. The molecule has 1 amide bonds. The molecule has 22 heavy (non-hydrogen) atoms. The second-order valence-electron chi connectivity index (χ2n) is 4.40. The molecule has 1 atom stereocenters. The molecule has 1 aromatic rings. The lowest BCUT2D eigenvalue weighted by Gasteiger charge is -2.17. The summed E-state index contributed by atoms with van der Waals surface area (Å²) in [5, 5.41) is 31.9. The number of hydrogen-bond donors (Lipinski definition) is 0. The predicted molar refractivity (Wildman–Crippen MR) is 72.7 cm³/mol. The van der Waals surface area contributed by atoms with Gasteiger partial charge in [-0.1, -0.05) is 11.9 Å². The Hall–Kier alpha value is -3.11. The van der Waals surface area contributed by atoms with Gasteiger partial charge in [-0.2, -0.15) is 0 Å². The Morgan fingerprint density at radius 3 is 1.86 bits per heavy atom. The molecule has 0 spiro atoms. The summed E-state index contributed by atoms with van der Waals surface area (Å²) in [5.41, 5.74) is -1.87. The predicted octanol–water partition coefficient (Wildman–Crippen LogP) is 1.94. The van der Waals surface area contributed by atoms with Gasteiger partial charge in [-0.3, -0.25) is 25.0 Å². The Bertz CT molecular complexity index is 613. The molecule has 11 nitrogen and oxygen atoms in total. The molecule has 0 fully saturated rings. The van der Waals surface area contributed by atoms with Crippen LogP contribution in [0.15, 0.2) is 18.2 Å². The average Bonchev–Trinajstić information content (AvgIpc) is 2.45. The number of nitrogens with zero attached hydrogens (tertiary/aromatic N) is 4. The summed E-state index contributed by atoms with van der Waals surface area (Å²) in [6, 6.07) is 1.44. The van der Waals surface area contributed by atoms with Crippen molar-refractivity contribution in [2.75, 3.05) is 0 Å². The van der Waals surface area contributed by atoms with Crippen LogP contribution in [0.25, 0.3) is 0 Å². The van der Waals surface area contributed by atoms with Crippen molar-refractivity contribution in [1.29, 1.82) is 0 Å². The van der Waals surface area contributed by atoms with Crippen LogP contribution in [0.1, 0.15) is 30.6 Å². The van der Waals surface area contributed by atoms with Crippen LogP contribution in [-0.2, 0) is 0 Å². The van der Waals surface area contributed by atoms with E-state index >= 15 is 0 Å². The largest absolute Gasteiger partial charge is 0.314 e. The lowest BCUT2D eigenvalue weighted by atomic mass is 10.1. The number of amides is 1. The molecule has 0 saturated carbocycles. The molecule has 0 aromatic heterocycles. The van der Waals surface area contributed by atoms with E-state index in [4.69, 9.17) is 0 Å². The van der Waals surface area contributed by atoms with Crippen molar-refractivity contribution < 1.29 is 19.7 Å². The van der Waals surface area contributed by atoms with E-state index in [2.05, 4.69) is 0 Å². The van der Waals surface area contributed by atoms with Crippen molar-refractivity contribution in [3.63, 3.8) is 0 Å². The standard InChI is InChI=1S/C11H12N4O7/c1-3-7(2)12(15(21)22)11(16)8-4-9(13(17)18)6-10(5-8)14(19)20/h4-7H,3H2,1-2H3/t7-/m1/s1. The highest BCUT2D eigenvalue weighted by Crippen LogP contribution is 2.24. The fourth-order valence-corrected chi connectivity index (χ4v) is 1.67. The van der Waals surface area contributed by atoms with E-state index in [0.717, 1.165) is 12.1 Å². The van der Waals surface area contributed by atoms with Crippen LogP contribution in [0.2, 0.25) is 0 Å². The fraction of sp³-hybridized carbons (Fsp3) is 0.364. The molecule has 0 radical (unpaired) electrons. The van der Waals surface area contributed by atoms with Gasteiger partial charge in [0.2, 0.25) is 0 Å². The number of carbonyl (C=O) groups excluding carboxylic acids is 1. The van der Waals surface area contributed by atoms with Gasteiger partial charge in [0.15, 0.2) is 5.03 Å². The third kappa shape index (κ3) is 3.50. The summed E-state index contributed by atoms with van der Waals surface area (Å²) in [5.74, 6) is -1.15. The number of benzene rings is 1. The third-order valence-corrected chi connectivity index (χ3v) is 2.96. The lowest BCUT2D eigenvalue weighted by Crippen LogP contribution is -2.42. The molecule has 0 aliphatic heterocycles. The highest BCUT2D eigenvalue weighted by Gasteiger charge is 2.32. The first kappa shape index (κ1) is 16.9. The van der Waals surface area contributed by atoms with Crippen LogP contribution in [0.3, 0.4) is 0 Å². The van der Waals surface area contributed by atoms with E-state index in [0.29, 0.717) is 11.1 Å². The number of rotatable bonds is 6. The molecule has 0 bridgehead atoms.